The molecule has 0 spiro atoms. The van der Waals surface area contributed by atoms with Crippen LogP contribution in [0.3, 0.4) is 0 Å². The first-order valence-corrected chi connectivity index (χ1v) is 10.2. The Morgan fingerprint density at radius 3 is 2.65 bits per heavy atom. The van der Waals surface area contributed by atoms with E-state index in [-0.39, 0.29) is 12.4 Å². The molecule has 5 heteroatoms. The van der Waals surface area contributed by atoms with E-state index in [4.69, 9.17) is 0 Å². The summed E-state index contributed by atoms with van der Waals surface area (Å²) >= 11 is 0. The van der Waals surface area contributed by atoms with Crippen LogP contribution in [0.15, 0.2) is 12.2 Å². The van der Waals surface area contributed by atoms with Gasteiger partial charge in [0.15, 0.2) is 0 Å². The van der Waals surface area contributed by atoms with Crippen molar-refractivity contribution in [3.05, 3.63) is 12.2 Å². The predicted molar refractivity (Wildman–Crippen MR) is 100 cm³/mol. The van der Waals surface area contributed by atoms with Gasteiger partial charge in [-0.3, -0.25) is 4.79 Å². The molecule has 3 atom stereocenters. The molecule has 0 aromatic carbocycles. The smallest absolute Gasteiger partial charge is 0.305 e. The van der Waals surface area contributed by atoms with Crippen molar-refractivity contribution in [2.45, 2.75) is 96.0 Å². The fourth-order valence-corrected chi connectivity index (χ4v) is 3.76. The Bertz CT molecular complexity index is 423. The van der Waals surface area contributed by atoms with Crippen molar-refractivity contribution in [2.75, 3.05) is 7.11 Å². The molecule has 0 radical (unpaired) electrons. The van der Waals surface area contributed by atoms with Gasteiger partial charge in [0, 0.05) is 12.8 Å². The molecule has 1 aliphatic rings. The molecule has 3 nitrogen and oxygen atoms in total. The number of alkyl halides is 2. The molecule has 1 saturated carbocycles. The number of rotatable bonds is 13. The van der Waals surface area contributed by atoms with Gasteiger partial charge in [0.25, 0.3) is 5.92 Å². The highest BCUT2D eigenvalue weighted by Crippen LogP contribution is 2.37. The van der Waals surface area contributed by atoms with Crippen molar-refractivity contribution in [1.29, 1.82) is 0 Å². The van der Waals surface area contributed by atoms with Crippen LogP contribution in [0.2, 0.25) is 0 Å². The Morgan fingerprint density at radius 2 is 1.96 bits per heavy atom. The number of allylic oxidation sites excluding steroid dienone is 1. The fraction of sp³-hybridized carbons (Fsp3) is 0.857. The Labute approximate surface area is 157 Å². The molecule has 1 unspecified atom stereocenters. The van der Waals surface area contributed by atoms with Crippen LogP contribution in [-0.2, 0) is 9.53 Å². The highest BCUT2D eigenvalue weighted by molar-refractivity contribution is 5.68. The van der Waals surface area contributed by atoms with Crippen molar-refractivity contribution in [3.8, 4) is 0 Å². The zero-order valence-electron chi connectivity index (χ0n) is 16.4. The second-order valence-corrected chi connectivity index (χ2v) is 7.58. The third-order valence-electron chi connectivity index (χ3n) is 5.49. The largest absolute Gasteiger partial charge is 0.469 e. The Balaban J connectivity index is 2.30. The van der Waals surface area contributed by atoms with Crippen LogP contribution < -0.4 is 0 Å². The average Bonchev–Trinajstić information content (AvgIpc) is 3.07. The summed E-state index contributed by atoms with van der Waals surface area (Å²) in [5.41, 5.74) is 0. The molecule has 0 aliphatic heterocycles. The van der Waals surface area contributed by atoms with Crippen LogP contribution in [0.25, 0.3) is 0 Å². The average molecular weight is 375 g/mol. The topological polar surface area (TPSA) is 46.5 Å². The quantitative estimate of drug-likeness (QED) is 0.257. The molecule has 0 amide bonds. The first-order valence-electron chi connectivity index (χ1n) is 10.2. The molecule has 152 valence electrons. The lowest BCUT2D eigenvalue weighted by Gasteiger charge is -2.21. The normalized spacial score (nSPS) is 22.0. The second-order valence-electron chi connectivity index (χ2n) is 7.58. The number of ether oxygens (including phenoxy) is 1. The zero-order valence-corrected chi connectivity index (χ0v) is 16.4. The Morgan fingerprint density at radius 1 is 1.23 bits per heavy atom. The molecule has 0 bridgehead atoms. The fourth-order valence-electron chi connectivity index (χ4n) is 3.76. The molecule has 0 aromatic heterocycles. The number of hydrogen-bond acceptors (Lipinski definition) is 3. The maximum Gasteiger partial charge on any atom is 0.305 e. The number of aliphatic hydroxyl groups is 1. The van der Waals surface area contributed by atoms with E-state index in [9.17, 15) is 18.7 Å². The molecular formula is C21H36F2O3. The summed E-state index contributed by atoms with van der Waals surface area (Å²) in [7, 11) is 1.41. The highest BCUT2D eigenvalue weighted by atomic mass is 19.3. The number of aliphatic hydroxyl groups excluding tert-OH is 1. The van der Waals surface area contributed by atoms with Gasteiger partial charge in [0.05, 0.1) is 7.11 Å². The minimum atomic E-state index is -3.03. The molecular weight excluding hydrogens is 338 g/mol. The van der Waals surface area contributed by atoms with Gasteiger partial charge in [-0.05, 0) is 43.9 Å². The van der Waals surface area contributed by atoms with Gasteiger partial charge < -0.3 is 9.84 Å². The van der Waals surface area contributed by atoms with Gasteiger partial charge in [0.1, 0.15) is 6.10 Å². The minimum absolute atomic E-state index is 0.153. The maximum absolute atomic E-state index is 13.8. The molecule has 0 heterocycles. The van der Waals surface area contributed by atoms with E-state index in [1.54, 1.807) is 0 Å². The van der Waals surface area contributed by atoms with Gasteiger partial charge >= 0.3 is 5.97 Å². The lowest BCUT2D eigenvalue weighted by atomic mass is 9.89. The molecule has 0 aromatic rings. The van der Waals surface area contributed by atoms with Crippen molar-refractivity contribution < 1.29 is 23.4 Å². The van der Waals surface area contributed by atoms with Crippen molar-refractivity contribution in [2.24, 2.45) is 11.8 Å². The van der Waals surface area contributed by atoms with E-state index < -0.39 is 12.0 Å². The van der Waals surface area contributed by atoms with Gasteiger partial charge in [-0.25, -0.2) is 8.78 Å². The summed E-state index contributed by atoms with van der Waals surface area (Å²) in [6.45, 7) is 1.87. The Hall–Kier alpha value is -0.970. The van der Waals surface area contributed by atoms with E-state index in [0.717, 1.165) is 51.4 Å². The second kappa shape index (κ2) is 12.4. The van der Waals surface area contributed by atoms with Crippen LogP contribution in [0.4, 0.5) is 8.78 Å². The lowest BCUT2D eigenvalue weighted by Crippen LogP contribution is -2.31. The van der Waals surface area contributed by atoms with Crippen LogP contribution in [-0.4, -0.2) is 30.2 Å². The van der Waals surface area contributed by atoms with Crippen LogP contribution in [0.1, 0.15) is 84.0 Å². The molecule has 1 aliphatic carbocycles. The third-order valence-corrected chi connectivity index (χ3v) is 5.49. The molecule has 1 N–H and O–H groups in total. The number of esters is 1. The third kappa shape index (κ3) is 8.61. The van der Waals surface area contributed by atoms with Gasteiger partial charge in [-0.15, -0.1) is 0 Å². The zero-order chi connectivity index (χ0) is 19.4. The number of carbonyl (C=O) groups is 1. The number of hydrogen-bond donors (Lipinski definition) is 1. The van der Waals surface area contributed by atoms with E-state index in [1.165, 1.54) is 13.2 Å². The Kier molecular flexibility index (Phi) is 11.0. The van der Waals surface area contributed by atoms with Crippen LogP contribution in [0.5, 0.6) is 0 Å². The van der Waals surface area contributed by atoms with Gasteiger partial charge in [-0.1, -0.05) is 51.2 Å². The molecule has 26 heavy (non-hydrogen) atoms. The summed E-state index contributed by atoms with van der Waals surface area (Å²) in [6, 6.07) is 0. The van der Waals surface area contributed by atoms with Gasteiger partial charge in [-0.2, -0.15) is 0 Å². The minimum Gasteiger partial charge on any atom is -0.469 e. The highest BCUT2D eigenvalue weighted by Gasteiger charge is 2.36. The lowest BCUT2D eigenvalue weighted by molar-refractivity contribution is -0.140. The SMILES string of the molecule is CCCCC(F)(F)C(O)/C=C/[C@H]1CCC[C@@H]1CCCCCCC(=O)OC. The predicted octanol–water partition coefficient (Wildman–Crippen LogP) is 5.66. The van der Waals surface area contributed by atoms with E-state index in [2.05, 4.69) is 4.74 Å². The summed E-state index contributed by atoms with van der Waals surface area (Å²) in [5.74, 6) is -2.34. The van der Waals surface area contributed by atoms with Crippen LogP contribution >= 0.6 is 0 Å². The number of halogens is 2. The van der Waals surface area contributed by atoms with Crippen LogP contribution in [0, 0.1) is 11.8 Å². The van der Waals surface area contributed by atoms with Crippen molar-refractivity contribution in [3.63, 3.8) is 0 Å². The number of unbranched alkanes of at least 4 members (excludes halogenated alkanes) is 4. The molecule has 0 saturated heterocycles. The summed E-state index contributed by atoms with van der Waals surface area (Å²) in [4.78, 5) is 11.0. The molecule has 1 fully saturated rings. The molecule has 1 rings (SSSR count). The number of carbonyl (C=O) groups excluding carboxylic acids is 1. The van der Waals surface area contributed by atoms with E-state index in [0.29, 0.717) is 31.1 Å². The summed E-state index contributed by atoms with van der Waals surface area (Å²) in [6.07, 6.45) is 11.3. The van der Waals surface area contributed by atoms with Crippen molar-refractivity contribution in [1.82, 2.24) is 0 Å². The number of methoxy groups -OCH3 is 1. The van der Waals surface area contributed by atoms with E-state index >= 15 is 0 Å². The first kappa shape index (κ1) is 23.1. The summed E-state index contributed by atoms with van der Waals surface area (Å²) in [5, 5.41) is 9.81. The maximum atomic E-state index is 13.8. The van der Waals surface area contributed by atoms with Gasteiger partial charge in [0.2, 0.25) is 0 Å². The van der Waals surface area contributed by atoms with E-state index in [1.807, 2.05) is 13.0 Å². The monoisotopic (exact) mass is 374 g/mol. The standard InChI is InChI=1S/C21H36F2O3/c1-3-4-16-21(22,23)19(24)15-14-18-12-9-11-17(18)10-7-5-6-8-13-20(25)26-2/h14-15,17-19,24H,3-13,16H2,1-2H3/b15-14+/t17-,18+,19?/m0/s1. The summed E-state index contributed by atoms with van der Waals surface area (Å²) < 4.78 is 32.3. The first-order chi connectivity index (χ1) is 12.4. The van der Waals surface area contributed by atoms with Crippen molar-refractivity contribution >= 4 is 5.97 Å².